The van der Waals surface area contributed by atoms with Crippen molar-refractivity contribution in [1.29, 1.82) is 0 Å². The monoisotopic (exact) mass is 329 g/mol. The van der Waals surface area contributed by atoms with Crippen molar-refractivity contribution in [2.75, 3.05) is 18.4 Å². The van der Waals surface area contributed by atoms with Crippen molar-refractivity contribution in [3.8, 4) is 0 Å². The number of rotatable bonds is 6. The Labute approximate surface area is 141 Å². The van der Waals surface area contributed by atoms with Gasteiger partial charge in [-0.2, -0.15) is 0 Å². The third kappa shape index (κ3) is 3.98. The average molecular weight is 329 g/mol. The topological polar surface area (TPSA) is 54.0 Å². The summed E-state index contributed by atoms with van der Waals surface area (Å²) in [5.41, 5.74) is 2.64. The maximum Gasteiger partial charge on any atom is 0.229 e. The van der Waals surface area contributed by atoms with E-state index in [1.807, 2.05) is 13.1 Å². The highest BCUT2D eigenvalue weighted by Gasteiger charge is 2.29. The van der Waals surface area contributed by atoms with Crippen LogP contribution in [0.2, 0.25) is 0 Å². The molecule has 0 spiro atoms. The zero-order valence-electron chi connectivity index (χ0n) is 13.6. The Balaban J connectivity index is 1.60. The molecule has 5 heteroatoms. The van der Waals surface area contributed by atoms with Crippen LogP contribution in [0, 0.1) is 11.8 Å². The number of carbonyl (C=O) groups excluding carboxylic acids is 1. The van der Waals surface area contributed by atoms with Crippen LogP contribution in [-0.2, 0) is 17.6 Å². The predicted molar refractivity (Wildman–Crippen MR) is 94.9 cm³/mol. The van der Waals surface area contributed by atoms with E-state index in [0.29, 0.717) is 11.0 Å². The average Bonchev–Trinajstić information content (AvgIpc) is 2.92. The first-order valence-corrected chi connectivity index (χ1v) is 9.01. The van der Waals surface area contributed by atoms with Gasteiger partial charge in [0.2, 0.25) is 5.91 Å². The predicted octanol–water partition coefficient (Wildman–Crippen LogP) is 3.09. The van der Waals surface area contributed by atoms with Crippen LogP contribution in [0.4, 0.5) is 5.13 Å². The van der Waals surface area contributed by atoms with Gasteiger partial charge in [-0.3, -0.25) is 4.79 Å². The first kappa shape index (κ1) is 16.1. The molecule has 3 rings (SSSR count). The van der Waals surface area contributed by atoms with Gasteiger partial charge in [0.05, 0.1) is 0 Å². The van der Waals surface area contributed by atoms with Crippen molar-refractivity contribution in [1.82, 2.24) is 10.3 Å². The summed E-state index contributed by atoms with van der Waals surface area (Å²) in [5.74, 6) is 0.557. The Morgan fingerprint density at radius 2 is 2.22 bits per heavy atom. The molecule has 0 saturated carbocycles. The van der Waals surface area contributed by atoms with Crippen molar-refractivity contribution >= 4 is 22.4 Å². The van der Waals surface area contributed by atoms with E-state index in [1.54, 1.807) is 11.3 Å². The van der Waals surface area contributed by atoms with Crippen LogP contribution in [-0.4, -0.2) is 24.0 Å². The minimum atomic E-state index is 0.0323. The van der Waals surface area contributed by atoms with Gasteiger partial charge in [-0.25, -0.2) is 4.98 Å². The molecule has 0 aliphatic carbocycles. The molecule has 1 atom stereocenters. The van der Waals surface area contributed by atoms with Gasteiger partial charge < -0.3 is 10.6 Å². The second-order valence-electron chi connectivity index (χ2n) is 6.18. The minimum Gasteiger partial charge on any atom is -0.316 e. The van der Waals surface area contributed by atoms with E-state index in [0.717, 1.165) is 25.9 Å². The molecule has 1 amide bonds. The minimum absolute atomic E-state index is 0.0323. The fourth-order valence-electron chi connectivity index (χ4n) is 2.71. The lowest BCUT2D eigenvalue weighted by atomic mass is 9.88. The Hall–Kier alpha value is -1.72. The lowest BCUT2D eigenvalue weighted by molar-refractivity contribution is -0.121. The van der Waals surface area contributed by atoms with Gasteiger partial charge in [-0.15, -0.1) is 11.3 Å². The molecule has 2 aromatic rings. The highest BCUT2D eigenvalue weighted by molar-refractivity contribution is 7.15. The Morgan fingerprint density at radius 1 is 1.43 bits per heavy atom. The van der Waals surface area contributed by atoms with Crippen LogP contribution in [0.15, 0.2) is 30.5 Å². The second-order valence-corrected chi connectivity index (χ2v) is 7.29. The van der Waals surface area contributed by atoms with E-state index in [4.69, 9.17) is 0 Å². The fraction of sp³-hybridized carbons (Fsp3) is 0.444. The van der Waals surface area contributed by atoms with Gasteiger partial charge in [-0.1, -0.05) is 38.1 Å². The number of thiazole rings is 1. The molecule has 23 heavy (non-hydrogen) atoms. The molecule has 2 heterocycles. The molecule has 1 aromatic carbocycles. The molecule has 1 aromatic heterocycles. The summed E-state index contributed by atoms with van der Waals surface area (Å²) in [6.07, 6.45) is 3.78. The summed E-state index contributed by atoms with van der Waals surface area (Å²) >= 11 is 1.57. The van der Waals surface area contributed by atoms with Crippen molar-refractivity contribution < 1.29 is 4.79 Å². The number of nitrogens with zero attached hydrogens (tertiary/aromatic N) is 1. The number of aryl methyl sites for hydroxylation is 1. The molecule has 1 saturated heterocycles. The van der Waals surface area contributed by atoms with E-state index < -0.39 is 0 Å². The van der Waals surface area contributed by atoms with Gasteiger partial charge in [-0.05, 0) is 36.6 Å². The van der Waals surface area contributed by atoms with Crippen molar-refractivity contribution in [2.24, 2.45) is 11.8 Å². The zero-order chi connectivity index (χ0) is 16.2. The van der Waals surface area contributed by atoms with Crippen molar-refractivity contribution in [3.63, 3.8) is 0 Å². The maximum atomic E-state index is 12.2. The SMILES string of the molecule is CCc1cccc(Cc2cnc(NC(=O)C(C)C3CNC3)s2)c1. The number of carbonyl (C=O) groups is 1. The Kier molecular flexibility index (Phi) is 5.08. The van der Waals surface area contributed by atoms with Gasteiger partial charge in [0.1, 0.15) is 0 Å². The lowest BCUT2D eigenvalue weighted by Crippen LogP contribution is -2.48. The molecule has 1 aliphatic rings. The summed E-state index contributed by atoms with van der Waals surface area (Å²) in [6, 6.07) is 8.64. The molecule has 122 valence electrons. The normalized spacial score (nSPS) is 15.9. The van der Waals surface area contributed by atoms with Crippen LogP contribution >= 0.6 is 11.3 Å². The summed E-state index contributed by atoms with van der Waals surface area (Å²) in [6.45, 7) is 6.03. The first-order valence-electron chi connectivity index (χ1n) is 8.19. The van der Waals surface area contributed by atoms with Crippen LogP contribution in [0.3, 0.4) is 0 Å². The summed E-state index contributed by atoms with van der Waals surface area (Å²) in [5, 5.41) is 6.87. The number of nitrogens with one attached hydrogen (secondary N) is 2. The van der Waals surface area contributed by atoms with E-state index in [2.05, 4.69) is 46.8 Å². The van der Waals surface area contributed by atoms with E-state index in [9.17, 15) is 4.79 Å². The number of benzene rings is 1. The standard InChI is InChI=1S/C18H23N3OS/c1-3-13-5-4-6-14(7-13)8-16-11-20-18(23-16)21-17(22)12(2)15-9-19-10-15/h4-7,11-12,15,19H,3,8-10H2,1-2H3,(H,20,21,22). The van der Waals surface area contributed by atoms with Crippen molar-refractivity contribution in [2.45, 2.75) is 26.7 Å². The number of anilines is 1. The molecular weight excluding hydrogens is 306 g/mol. The molecule has 0 radical (unpaired) electrons. The molecular formula is C18H23N3OS. The van der Waals surface area contributed by atoms with Gasteiger partial charge in [0.15, 0.2) is 5.13 Å². The zero-order valence-corrected chi connectivity index (χ0v) is 14.5. The number of hydrogen-bond donors (Lipinski definition) is 2. The third-order valence-corrected chi connectivity index (χ3v) is 5.41. The van der Waals surface area contributed by atoms with Gasteiger partial charge in [0, 0.05) is 23.4 Å². The van der Waals surface area contributed by atoms with Crippen LogP contribution in [0.5, 0.6) is 0 Å². The fourth-order valence-corrected chi connectivity index (χ4v) is 3.56. The number of amides is 1. The van der Waals surface area contributed by atoms with E-state index >= 15 is 0 Å². The van der Waals surface area contributed by atoms with E-state index in [-0.39, 0.29) is 11.8 Å². The molecule has 2 N–H and O–H groups in total. The summed E-state index contributed by atoms with van der Waals surface area (Å²) in [7, 11) is 0. The Morgan fingerprint density at radius 3 is 2.91 bits per heavy atom. The van der Waals surface area contributed by atoms with Crippen LogP contribution in [0.1, 0.15) is 29.9 Å². The van der Waals surface area contributed by atoms with Crippen LogP contribution in [0.25, 0.3) is 0 Å². The highest BCUT2D eigenvalue weighted by atomic mass is 32.1. The molecule has 1 aliphatic heterocycles. The second kappa shape index (κ2) is 7.23. The maximum absolute atomic E-state index is 12.2. The number of hydrogen-bond acceptors (Lipinski definition) is 4. The summed E-state index contributed by atoms with van der Waals surface area (Å²) in [4.78, 5) is 17.7. The number of aromatic nitrogens is 1. The Bertz CT molecular complexity index is 678. The lowest BCUT2D eigenvalue weighted by Gasteiger charge is -2.31. The summed E-state index contributed by atoms with van der Waals surface area (Å²) < 4.78 is 0. The van der Waals surface area contributed by atoms with E-state index in [1.165, 1.54) is 16.0 Å². The smallest absolute Gasteiger partial charge is 0.229 e. The third-order valence-electron chi connectivity index (χ3n) is 4.50. The highest BCUT2D eigenvalue weighted by Crippen LogP contribution is 2.24. The molecule has 1 fully saturated rings. The molecule has 0 bridgehead atoms. The van der Waals surface area contributed by atoms with Crippen molar-refractivity contribution in [3.05, 3.63) is 46.5 Å². The quantitative estimate of drug-likeness (QED) is 0.856. The molecule has 4 nitrogen and oxygen atoms in total. The first-order chi connectivity index (χ1) is 11.2. The van der Waals surface area contributed by atoms with Crippen LogP contribution < -0.4 is 10.6 Å². The molecule has 1 unspecified atom stereocenters. The van der Waals surface area contributed by atoms with Gasteiger partial charge in [0.25, 0.3) is 0 Å². The largest absolute Gasteiger partial charge is 0.316 e. The van der Waals surface area contributed by atoms with Gasteiger partial charge >= 0.3 is 0 Å².